The van der Waals surface area contributed by atoms with Crippen molar-refractivity contribution in [1.82, 2.24) is 9.55 Å². The van der Waals surface area contributed by atoms with Crippen molar-refractivity contribution < 1.29 is 9.90 Å². The molecule has 1 aromatic carbocycles. The highest BCUT2D eigenvalue weighted by Crippen LogP contribution is 2.22. The number of carboxylic acid groups (broad SMARTS) is 1. The lowest BCUT2D eigenvalue weighted by atomic mass is 10.3. The first-order valence-electron chi connectivity index (χ1n) is 6.55. The van der Waals surface area contributed by atoms with Gasteiger partial charge in [0.25, 0.3) is 0 Å². The van der Waals surface area contributed by atoms with Gasteiger partial charge in [-0.25, -0.2) is 9.78 Å². The van der Waals surface area contributed by atoms with Crippen LogP contribution in [0.1, 0.15) is 15.6 Å². The zero-order valence-corrected chi connectivity index (χ0v) is 12.3. The smallest absolute Gasteiger partial charge is 0.328 e. The summed E-state index contributed by atoms with van der Waals surface area (Å²) in [6, 6.07) is 12.0. The normalized spacial score (nSPS) is 11.5. The van der Waals surface area contributed by atoms with E-state index in [1.54, 1.807) is 17.4 Å². The van der Waals surface area contributed by atoms with Crippen molar-refractivity contribution in [3.8, 4) is 0 Å². The van der Waals surface area contributed by atoms with Gasteiger partial charge in [-0.05, 0) is 37.3 Å². The molecule has 0 amide bonds. The topological polar surface area (TPSA) is 55.1 Å². The van der Waals surface area contributed by atoms with E-state index < -0.39 is 5.97 Å². The molecule has 0 spiro atoms. The maximum absolute atomic E-state index is 10.5. The number of fused-ring (bicyclic) bond motifs is 1. The monoisotopic (exact) mass is 298 g/mol. The first kappa shape index (κ1) is 13.6. The fraction of sp³-hybridized carbons (Fsp3) is 0.125. The third-order valence-corrected chi connectivity index (χ3v) is 4.27. The molecular formula is C16H14N2O2S. The zero-order valence-electron chi connectivity index (χ0n) is 11.5. The molecule has 4 nitrogen and oxygen atoms in total. The molecular weight excluding hydrogens is 284 g/mol. The molecule has 0 radical (unpaired) electrons. The Balaban J connectivity index is 1.89. The van der Waals surface area contributed by atoms with E-state index in [1.807, 2.05) is 37.3 Å². The SMILES string of the molecule is Cc1nc2ccccc2n1Cc1ccc(C=CC(=O)O)s1. The Morgan fingerprint density at radius 1 is 1.33 bits per heavy atom. The summed E-state index contributed by atoms with van der Waals surface area (Å²) in [4.78, 5) is 17.2. The van der Waals surface area contributed by atoms with Gasteiger partial charge < -0.3 is 9.67 Å². The first-order chi connectivity index (χ1) is 10.1. The number of thiophene rings is 1. The van der Waals surface area contributed by atoms with Crippen LogP contribution >= 0.6 is 11.3 Å². The molecule has 0 unspecified atom stereocenters. The van der Waals surface area contributed by atoms with E-state index in [4.69, 9.17) is 5.11 Å². The third-order valence-electron chi connectivity index (χ3n) is 3.23. The van der Waals surface area contributed by atoms with Gasteiger partial charge in [0.2, 0.25) is 0 Å². The highest BCUT2D eigenvalue weighted by molar-refractivity contribution is 7.12. The van der Waals surface area contributed by atoms with Gasteiger partial charge in [0.05, 0.1) is 17.6 Å². The van der Waals surface area contributed by atoms with Crippen molar-refractivity contribution in [2.75, 3.05) is 0 Å². The minimum atomic E-state index is -0.929. The summed E-state index contributed by atoms with van der Waals surface area (Å²) in [5, 5.41) is 8.65. The van der Waals surface area contributed by atoms with Crippen molar-refractivity contribution in [1.29, 1.82) is 0 Å². The van der Waals surface area contributed by atoms with Gasteiger partial charge in [-0.15, -0.1) is 11.3 Å². The summed E-state index contributed by atoms with van der Waals surface area (Å²) in [7, 11) is 0. The predicted octanol–water partition coefficient (Wildman–Crippen LogP) is 3.55. The van der Waals surface area contributed by atoms with Gasteiger partial charge in [0, 0.05) is 15.8 Å². The number of carboxylic acids is 1. The van der Waals surface area contributed by atoms with Gasteiger partial charge in [0.15, 0.2) is 0 Å². The van der Waals surface area contributed by atoms with Crippen LogP contribution in [0.4, 0.5) is 0 Å². The molecule has 3 rings (SSSR count). The largest absolute Gasteiger partial charge is 0.478 e. The van der Waals surface area contributed by atoms with Crippen LogP contribution in [0.3, 0.4) is 0 Å². The molecule has 0 atom stereocenters. The van der Waals surface area contributed by atoms with E-state index >= 15 is 0 Å². The van der Waals surface area contributed by atoms with Gasteiger partial charge in [-0.1, -0.05) is 12.1 Å². The third kappa shape index (κ3) is 2.87. The van der Waals surface area contributed by atoms with Crippen molar-refractivity contribution >= 4 is 34.4 Å². The highest BCUT2D eigenvalue weighted by atomic mass is 32.1. The molecule has 3 aromatic rings. The number of aromatic nitrogens is 2. The minimum absolute atomic E-state index is 0.748. The van der Waals surface area contributed by atoms with E-state index in [2.05, 4.69) is 15.6 Å². The molecule has 0 saturated carbocycles. The molecule has 1 N–H and O–H groups in total. The van der Waals surface area contributed by atoms with Crippen LogP contribution in [0, 0.1) is 6.92 Å². The average Bonchev–Trinajstić information content (AvgIpc) is 3.02. The van der Waals surface area contributed by atoms with Gasteiger partial charge in [-0.2, -0.15) is 0 Å². The summed E-state index contributed by atoms with van der Waals surface area (Å²) in [6.07, 6.45) is 2.78. The Morgan fingerprint density at radius 3 is 2.95 bits per heavy atom. The number of imidazole rings is 1. The van der Waals surface area contributed by atoms with E-state index in [-0.39, 0.29) is 0 Å². The molecule has 0 aliphatic heterocycles. The Bertz CT molecular complexity index is 830. The van der Waals surface area contributed by atoms with Gasteiger partial charge in [0.1, 0.15) is 5.82 Å². The summed E-state index contributed by atoms with van der Waals surface area (Å²) >= 11 is 1.59. The molecule has 0 aliphatic carbocycles. The lowest BCUT2D eigenvalue weighted by Gasteiger charge is -2.04. The van der Waals surface area contributed by atoms with Crippen molar-refractivity contribution in [3.63, 3.8) is 0 Å². The van der Waals surface area contributed by atoms with Crippen LogP contribution in [0.25, 0.3) is 17.1 Å². The number of aryl methyl sites for hydroxylation is 1. The Hall–Kier alpha value is -2.40. The number of aliphatic carboxylic acids is 1. The van der Waals surface area contributed by atoms with E-state index in [1.165, 1.54) is 4.88 Å². The predicted molar refractivity (Wildman–Crippen MR) is 84.6 cm³/mol. The molecule has 0 bridgehead atoms. The molecule has 106 valence electrons. The van der Waals surface area contributed by atoms with Crippen LogP contribution in [0.5, 0.6) is 0 Å². The number of rotatable bonds is 4. The maximum atomic E-state index is 10.5. The number of hydrogen-bond acceptors (Lipinski definition) is 3. The number of benzene rings is 1. The zero-order chi connectivity index (χ0) is 14.8. The van der Waals surface area contributed by atoms with E-state index in [0.717, 1.165) is 34.4 Å². The second-order valence-electron chi connectivity index (χ2n) is 4.71. The van der Waals surface area contributed by atoms with Crippen molar-refractivity contribution in [2.45, 2.75) is 13.5 Å². The minimum Gasteiger partial charge on any atom is -0.478 e. The lowest BCUT2D eigenvalue weighted by molar-refractivity contribution is -0.131. The molecule has 2 heterocycles. The summed E-state index contributed by atoms with van der Waals surface area (Å²) in [5.74, 6) is 0.0497. The number of hydrogen-bond donors (Lipinski definition) is 1. The van der Waals surface area contributed by atoms with E-state index in [9.17, 15) is 4.79 Å². The van der Waals surface area contributed by atoms with Crippen LogP contribution in [-0.4, -0.2) is 20.6 Å². The number of carbonyl (C=O) groups is 1. The van der Waals surface area contributed by atoms with Crippen molar-refractivity contribution in [3.05, 3.63) is 58.1 Å². The number of nitrogens with zero attached hydrogens (tertiary/aromatic N) is 2. The summed E-state index contributed by atoms with van der Waals surface area (Å²) < 4.78 is 2.17. The molecule has 0 saturated heterocycles. The second-order valence-corrected chi connectivity index (χ2v) is 5.91. The first-order valence-corrected chi connectivity index (χ1v) is 7.37. The fourth-order valence-electron chi connectivity index (χ4n) is 2.27. The van der Waals surface area contributed by atoms with E-state index in [0.29, 0.717) is 0 Å². The van der Waals surface area contributed by atoms with Crippen LogP contribution in [-0.2, 0) is 11.3 Å². The summed E-state index contributed by atoms with van der Waals surface area (Å²) in [5.41, 5.74) is 2.11. The quantitative estimate of drug-likeness (QED) is 0.749. The van der Waals surface area contributed by atoms with Crippen LogP contribution < -0.4 is 0 Å². The molecule has 21 heavy (non-hydrogen) atoms. The maximum Gasteiger partial charge on any atom is 0.328 e. The molecule has 0 fully saturated rings. The molecule has 2 aromatic heterocycles. The fourth-order valence-corrected chi connectivity index (χ4v) is 3.18. The highest BCUT2D eigenvalue weighted by Gasteiger charge is 2.08. The average molecular weight is 298 g/mol. The Morgan fingerprint density at radius 2 is 2.14 bits per heavy atom. The van der Waals surface area contributed by atoms with Crippen LogP contribution in [0.15, 0.2) is 42.5 Å². The van der Waals surface area contributed by atoms with Crippen molar-refractivity contribution in [2.24, 2.45) is 0 Å². The lowest BCUT2D eigenvalue weighted by Crippen LogP contribution is -1.99. The Kier molecular flexibility index (Phi) is 3.58. The van der Waals surface area contributed by atoms with Gasteiger partial charge in [-0.3, -0.25) is 0 Å². The number of para-hydroxylation sites is 2. The second kappa shape index (κ2) is 5.54. The molecule has 0 aliphatic rings. The standard InChI is InChI=1S/C16H14N2O2S/c1-11-17-14-4-2-3-5-15(14)18(11)10-13-7-6-12(21-13)8-9-16(19)20/h2-9H,10H2,1H3,(H,19,20). The van der Waals surface area contributed by atoms with Gasteiger partial charge >= 0.3 is 5.97 Å². The Labute approximate surface area is 126 Å². The summed E-state index contributed by atoms with van der Waals surface area (Å²) in [6.45, 7) is 2.75. The van der Waals surface area contributed by atoms with Crippen LogP contribution in [0.2, 0.25) is 0 Å². The molecule has 5 heteroatoms.